The van der Waals surface area contributed by atoms with E-state index in [9.17, 15) is 14.4 Å². The van der Waals surface area contributed by atoms with E-state index in [1.165, 1.54) is 5.56 Å². The van der Waals surface area contributed by atoms with Gasteiger partial charge < -0.3 is 9.47 Å². The monoisotopic (exact) mass is 450 g/mol. The number of benzene rings is 2. The zero-order valence-electron chi connectivity index (χ0n) is 18.4. The molecular formula is C27H22N4O3. The number of nitrogens with zero attached hydrogens (tertiary/aromatic N) is 3. The van der Waals surface area contributed by atoms with Crippen molar-refractivity contribution in [1.82, 2.24) is 19.8 Å². The average molecular weight is 450 g/mol. The van der Waals surface area contributed by atoms with Gasteiger partial charge in [0, 0.05) is 48.4 Å². The number of carbonyl (C=O) groups is 3. The van der Waals surface area contributed by atoms with Gasteiger partial charge in [0.05, 0.1) is 11.2 Å². The molecule has 6 rings (SSSR count). The van der Waals surface area contributed by atoms with E-state index in [-0.39, 0.29) is 18.2 Å². The van der Waals surface area contributed by atoms with Crippen LogP contribution in [0.4, 0.5) is 0 Å². The first-order valence-corrected chi connectivity index (χ1v) is 11.3. The first-order valence-electron chi connectivity index (χ1n) is 11.3. The molecule has 3 amide bonds. The number of hydrogen-bond donors (Lipinski definition) is 1. The molecule has 1 fully saturated rings. The van der Waals surface area contributed by atoms with Crippen LogP contribution in [0.5, 0.6) is 0 Å². The number of aromatic nitrogens is 2. The van der Waals surface area contributed by atoms with E-state index in [1.54, 1.807) is 4.90 Å². The van der Waals surface area contributed by atoms with E-state index >= 15 is 0 Å². The Morgan fingerprint density at radius 3 is 2.68 bits per heavy atom. The smallest absolute Gasteiger partial charge is 0.255 e. The van der Waals surface area contributed by atoms with Crippen LogP contribution < -0.4 is 5.32 Å². The largest absolute Gasteiger partial charge is 0.343 e. The molecule has 2 aromatic heterocycles. The molecule has 1 saturated heterocycles. The number of rotatable bonds is 4. The first-order chi connectivity index (χ1) is 16.6. The van der Waals surface area contributed by atoms with Crippen molar-refractivity contribution in [2.45, 2.75) is 32.0 Å². The third-order valence-electron chi connectivity index (χ3n) is 6.69. The zero-order chi connectivity index (χ0) is 23.2. The summed E-state index contributed by atoms with van der Waals surface area (Å²) in [6.45, 7) is 1.12. The topological polar surface area (TPSA) is 84.3 Å². The number of nitrogens with one attached hydrogen (secondary N) is 1. The minimum Gasteiger partial charge on any atom is -0.343 e. The lowest BCUT2D eigenvalue weighted by Crippen LogP contribution is -2.52. The minimum absolute atomic E-state index is 0.170. The highest BCUT2D eigenvalue weighted by molar-refractivity contribution is 6.06. The van der Waals surface area contributed by atoms with Gasteiger partial charge >= 0.3 is 0 Å². The van der Waals surface area contributed by atoms with Crippen molar-refractivity contribution in [3.05, 3.63) is 89.7 Å². The van der Waals surface area contributed by atoms with Gasteiger partial charge in [-0.05, 0) is 41.8 Å². The molecule has 4 aromatic rings. The fourth-order valence-corrected chi connectivity index (χ4v) is 4.99. The summed E-state index contributed by atoms with van der Waals surface area (Å²) in [5.41, 5.74) is 5.58. The fourth-order valence-electron chi connectivity index (χ4n) is 4.99. The summed E-state index contributed by atoms with van der Waals surface area (Å²) in [6, 6.07) is 19.5. The van der Waals surface area contributed by atoms with Crippen molar-refractivity contribution in [1.29, 1.82) is 0 Å². The zero-order valence-corrected chi connectivity index (χ0v) is 18.4. The quantitative estimate of drug-likeness (QED) is 0.482. The van der Waals surface area contributed by atoms with E-state index in [1.807, 2.05) is 48.7 Å². The fraction of sp³-hybridized carbons (Fsp3) is 0.185. The Labute approximate surface area is 196 Å². The summed E-state index contributed by atoms with van der Waals surface area (Å²) in [5, 5.41) is 3.39. The van der Waals surface area contributed by atoms with Gasteiger partial charge in [-0.25, -0.2) is 0 Å². The van der Waals surface area contributed by atoms with E-state index in [0.717, 1.165) is 34.3 Å². The third kappa shape index (κ3) is 3.37. The number of hydrogen-bond acceptors (Lipinski definition) is 4. The summed E-state index contributed by atoms with van der Waals surface area (Å²) in [5.74, 6) is -0.855. The van der Waals surface area contributed by atoms with Gasteiger partial charge in [-0.1, -0.05) is 36.4 Å². The summed E-state index contributed by atoms with van der Waals surface area (Å²) in [7, 11) is 0. The molecule has 0 spiro atoms. The van der Waals surface area contributed by atoms with Crippen LogP contribution in [0.25, 0.3) is 22.2 Å². The average Bonchev–Trinajstić information content (AvgIpc) is 3.40. The Morgan fingerprint density at radius 2 is 1.85 bits per heavy atom. The first kappa shape index (κ1) is 20.4. The molecule has 1 N–H and O–H groups in total. The molecule has 4 heterocycles. The Bertz CT molecular complexity index is 1460. The number of fused-ring (bicyclic) bond motifs is 2. The lowest BCUT2D eigenvalue weighted by atomic mass is 10.0. The van der Waals surface area contributed by atoms with Gasteiger partial charge in [0.15, 0.2) is 0 Å². The van der Waals surface area contributed by atoms with Crippen LogP contribution in [0.15, 0.2) is 73.1 Å². The highest BCUT2D eigenvalue weighted by atomic mass is 16.2. The maximum Gasteiger partial charge on any atom is 0.255 e. The normalized spacial score (nSPS) is 17.8. The molecule has 0 bridgehead atoms. The summed E-state index contributed by atoms with van der Waals surface area (Å²) in [6.07, 6.45) is 4.48. The predicted molar refractivity (Wildman–Crippen MR) is 127 cm³/mol. The van der Waals surface area contributed by atoms with Gasteiger partial charge in [0.1, 0.15) is 6.04 Å². The molecule has 2 aromatic carbocycles. The second-order valence-electron chi connectivity index (χ2n) is 8.79. The van der Waals surface area contributed by atoms with Crippen molar-refractivity contribution in [2.75, 3.05) is 0 Å². The molecular weight excluding hydrogens is 428 g/mol. The van der Waals surface area contributed by atoms with Crippen molar-refractivity contribution in [3.8, 4) is 11.3 Å². The Hall–Kier alpha value is -4.26. The molecule has 0 saturated carbocycles. The van der Waals surface area contributed by atoms with Crippen molar-refractivity contribution in [2.24, 2.45) is 0 Å². The van der Waals surface area contributed by atoms with Crippen LogP contribution >= 0.6 is 0 Å². The SMILES string of the molecule is O=C1CCC(N2Cc3cc(-c4nccc5c4ccn5Cc4ccccc4)ccc3C2=O)C(=O)N1. The Balaban J connectivity index is 1.32. The van der Waals surface area contributed by atoms with Crippen LogP contribution in [-0.4, -0.2) is 38.2 Å². The molecule has 2 aliphatic heterocycles. The maximum atomic E-state index is 13.0. The third-order valence-corrected chi connectivity index (χ3v) is 6.69. The van der Waals surface area contributed by atoms with E-state index in [0.29, 0.717) is 18.5 Å². The number of pyridine rings is 1. The lowest BCUT2D eigenvalue weighted by Gasteiger charge is -2.29. The molecule has 168 valence electrons. The molecule has 1 unspecified atom stereocenters. The van der Waals surface area contributed by atoms with Crippen LogP contribution in [0.3, 0.4) is 0 Å². The molecule has 34 heavy (non-hydrogen) atoms. The van der Waals surface area contributed by atoms with E-state index in [2.05, 4.69) is 39.3 Å². The van der Waals surface area contributed by atoms with Crippen molar-refractivity contribution >= 4 is 28.6 Å². The minimum atomic E-state index is -0.616. The Morgan fingerprint density at radius 1 is 1.00 bits per heavy atom. The highest BCUT2D eigenvalue weighted by Gasteiger charge is 2.39. The van der Waals surface area contributed by atoms with Crippen LogP contribution in [-0.2, 0) is 22.7 Å². The van der Waals surface area contributed by atoms with Gasteiger partial charge in [0.25, 0.3) is 5.91 Å². The summed E-state index contributed by atoms with van der Waals surface area (Å²) < 4.78 is 2.21. The molecule has 7 nitrogen and oxygen atoms in total. The van der Waals surface area contributed by atoms with Gasteiger partial charge in [-0.2, -0.15) is 0 Å². The second kappa shape index (κ2) is 7.95. The number of imide groups is 1. The lowest BCUT2D eigenvalue weighted by molar-refractivity contribution is -0.136. The molecule has 0 radical (unpaired) electrons. The Kier molecular flexibility index (Phi) is 4.76. The predicted octanol–water partition coefficient (Wildman–Crippen LogP) is 3.51. The summed E-state index contributed by atoms with van der Waals surface area (Å²) >= 11 is 0. The maximum absolute atomic E-state index is 13.0. The summed E-state index contributed by atoms with van der Waals surface area (Å²) in [4.78, 5) is 43.1. The van der Waals surface area contributed by atoms with Crippen molar-refractivity contribution < 1.29 is 14.4 Å². The van der Waals surface area contributed by atoms with Gasteiger partial charge in [0.2, 0.25) is 11.8 Å². The van der Waals surface area contributed by atoms with E-state index < -0.39 is 11.9 Å². The van der Waals surface area contributed by atoms with E-state index in [4.69, 9.17) is 0 Å². The van der Waals surface area contributed by atoms with Crippen LogP contribution in [0, 0.1) is 0 Å². The molecule has 0 aliphatic carbocycles. The highest BCUT2D eigenvalue weighted by Crippen LogP contribution is 2.33. The molecule has 2 aliphatic rings. The van der Waals surface area contributed by atoms with Gasteiger partial charge in [-0.3, -0.25) is 24.7 Å². The number of amides is 3. The number of carbonyl (C=O) groups excluding carboxylic acids is 3. The van der Waals surface area contributed by atoms with Gasteiger partial charge in [-0.15, -0.1) is 0 Å². The van der Waals surface area contributed by atoms with Crippen molar-refractivity contribution in [3.63, 3.8) is 0 Å². The van der Waals surface area contributed by atoms with Crippen LogP contribution in [0.2, 0.25) is 0 Å². The standard InChI is InChI=1S/C27H22N4O3/c32-24-9-8-23(26(33)29-24)31-16-19-14-18(6-7-20(19)27(31)34)25-21-11-13-30(22(21)10-12-28-25)15-17-4-2-1-3-5-17/h1-7,10-14,23H,8-9,15-16H2,(H,29,32,33). The number of piperidine rings is 1. The molecule has 7 heteroatoms. The second-order valence-corrected chi connectivity index (χ2v) is 8.79. The molecule has 1 atom stereocenters. The van der Waals surface area contributed by atoms with Crippen LogP contribution in [0.1, 0.15) is 34.3 Å².